The first kappa shape index (κ1) is 22.7. The Balaban J connectivity index is 1.40. The van der Waals surface area contributed by atoms with Gasteiger partial charge in [0.25, 0.3) is 0 Å². The number of fused-ring (bicyclic) bond motifs is 8. The Bertz CT molecular complexity index is 2140. The number of para-hydroxylation sites is 1. The maximum atomic E-state index is 6.84. The fourth-order valence-electron chi connectivity index (χ4n) is 7.35. The van der Waals surface area contributed by atoms with Gasteiger partial charge < -0.3 is 4.74 Å². The van der Waals surface area contributed by atoms with E-state index in [4.69, 9.17) is 4.74 Å². The molecular formula is C40H26O. The zero-order valence-corrected chi connectivity index (χ0v) is 22.4. The van der Waals surface area contributed by atoms with E-state index < -0.39 is 0 Å². The normalized spacial score (nSPS) is 17.1. The van der Waals surface area contributed by atoms with Crippen LogP contribution in [0, 0.1) is 0 Å². The highest BCUT2D eigenvalue weighted by Gasteiger charge is 2.42. The van der Waals surface area contributed by atoms with Gasteiger partial charge in [0.1, 0.15) is 11.9 Å². The van der Waals surface area contributed by atoms with E-state index in [0.717, 1.165) is 5.75 Å². The van der Waals surface area contributed by atoms with Crippen molar-refractivity contribution in [2.75, 3.05) is 0 Å². The highest BCUT2D eigenvalue weighted by atomic mass is 16.5. The van der Waals surface area contributed by atoms with Crippen LogP contribution < -0.4 is 4.74 Å². The van der Waals surface area contributed by atoms with E-state index in [9.17, 15) is 0 Å². The fraction of sp³-hybridized carbons (Fsp3) is 0.0500. The van der Waals surface area contributed by atoms with Crippen molar-refractivity contribution >= 4 is 44.0 Å². The SMILES string of the molecule is C1=C(c2c3ccccc3c(-c3cccc4ccccc34)c3ccccc23)C2Oc3ccccc3C2c2ccccc21. The summed E-state index contributed by atoms with van der Waals surface area (Å²) in [4.78, 5) is 0. The summed E-state index contributed by atoms with van der Waals surface area (Å²) < 4.78 is 6.84. The van der Waals surface area contributed by atoms with Crippen molar-refractivity contribution in [2.45, 2.75) is 12.0 Å². The van der Waals surface area contributed by atoms with Gasteiger partial charge in [-0.3, -0.25) is 0 Å². The first-order valence-corrected chi connectivity index (χ1v) is 14.3. The minimum absolute atomic E-state index is 0.0856. The molecule has 192 valence electrons. The smallest absolute Gasteiger partial charge is 0.135 e. The van der Waals surface area contributed by atoms with Crippen molar-refractivity contribution < 1.29 is 4.74 Å². The number of hydrogen-bond acceptors (Lipinski definition) is 1. The second kappa shape index (κ2) is 8.68. The Morgan fingerprint density at radius 2 is 1.00 bits per heavy atom. The van der Waals surface area contributed by atoms with Crippen LogP contribution in [0.25, 0.3) is 55.1 Å². The Morgan fingerprint density at radius 3 is 1.76 bits per heavy atom. The van der Waals surface area contributed by atoms with Gasteiger partial charge in [-0.25, -0.2) is 0 Å². The second-order valence-corrected chi connectivity index (χ2v) is 11.2. The van der Waals surface area contributed by atoms with Gasteiger partial charge in [-0.2, -0.15) is 0 Å². The zero-order valence-electron chi connectivity index (χ0n) is 22.4. The van der Waals surface area contributed by atoms with Gasteiger partial charge in [0.2, 0.25) is 0 Å². The van der Waals surface area contributed by atoms with Crippen LogP contribution in [0.1, 0.15) is 28.2 Å². The van der Waals surface area contributed by atoms with Gasteiger partial charge in [-0.1, -0.05) is 133 Å². The molecule has 0 amide bonds. The molecule has 0 fully saturated rings. The highest BCUT2D eigenvalue weighted by Crippen LogP contribution is 2.53. The van der Waals surface area contributed by atoms with Crippen molar-refractivity contribution in [2.24, 2.45) is 0 Å². The molecule has 1 nitrogen and oxygen atoms in total. The molecule has 2 unspecified atom stereocenters. The molecule has 2 atom stereocenters. The molecule has 0 bridgehead atoms. The maximum absolute atomic E-state index is 6.84. The average Bonchev–Trinajstić information content (AvgIpc) is 3.43. The van der Waals surface area contributed by atoms with E-state index in [-0.39, 0.29) is 12.0 Å². The predicted octanol–water partition coefficient (Wildman–Crippen LogP) is 10.3. The standard InChI is InChI=1S/C40H26O/c1-3-15-27-25(12-1)14-11-22-29(27)37-30-17-5-7-19-32(30)38(33-20-8-6-18-31(33)37)35-24-26-13-2-4-16-28(26)39-34-21-9-10-23-36(34)41-40(35)39/h1-24,39-40H. The number of rotatable bonds is 2. The van der Waals surface area contributed by atoms with Crippen LogP contribution >= 0.6 is 0 Å². The third-order valence-electron chi connectivity index (χ3n) is 9.04. The average molecular weight is 523 g/mol. The topological polar surface area (TPSA) is 9.23 Å². The summed E-state index contributed by atoms with van der Waals surface area (Å²) in [5.41, 5.74) is 8.98. The predicted molar refractivity (Wildman–Crippen MR) is 171 cm³/mol. The molecule has 2 aliphatic rings. The monoisotopic (exact) mass is 522 g/mol. The van der Waals surface area contributed by atoms with Gasteiger partial charge in [0.05, 0.1) is 5.92 Å². The molecule has 0 aromatic heterocycles. The van der Waals surface area contributed by atoms with E-state index in [2.05, 4.69) is 146 Å². The summed E-state index contributed by atoms with van der Waals surface area (Å²) in [6.07, 6.45) is 2.30. The molecular weight excluding hydrogens is 496 g/mol. The highest BCUT2D eigenvalue weighted by molar-refractivity contribution is 6.22. The third-order valence-corrected chi connectivity index (χ3v) is 9.04. The van der Waals surface area contributed by atoms with Crippen LogP contribution in [0.3, 0.4) is 0 Å². The van der Waals surface area contributed by atoms with E-state index in [1.165, 1.54) is 71.3 Å². The number of ether oxygens (including phenoxy) is 1. The van der Waals surface area contributed by atoms with E-state index in [0.29, 0.717) is 0 Å². The lowest BCUT2D eigenvalue weighted by molar-refractivity contribution is 0.276. The summed E-state index contributed by atoms with van der Waals surface area (Å²) in [5, 5.41) is 7.59. The summed E-state index contributed by atoms with van der Waals surface area (Å²) in [7, 11) is 0. The molecule has 0 saturated carbocycles. The van der Waals surface area contributed by atoms with Crippen LogP contribution in [0.15, 0.2) is 140 Å². The van der Waals surface area contributed by atoms with Crippen molar-refractivity contribution in [3.8, 4) is 16.9 Å². The summed E-state index contributed by atoms with van der Waals surface area (Å²) in [6, 6.07) is 50.6. The van der Waals surface area contributed by atoms with Crippen LogP contribution in [-0.4, -0.2) is 6.10 Å². The van der Waals surface area contributed by atoms with Gasteiger partial charge >= 0.3 is 0 Å². The lowest BCUT2D eigenvalue weighted by atomic mass is 9.74. The van der Waals surface area contributed by atoms with Crippen LogP contribution in [0.2, 0.25) is 0 Å². The van der Waals surface area contributed by atoms with Crippen molar-refractivity contribution in [3.63, 3.8) is 0 Å². The zero-order chi connectivity index (χ0) is 26.9. The first-order valence-electron chi connectivity index (χ1n) is 14.3. The van der Waals surface area contributed by atoms with Gasteiger partial charge in [0.15, 0.2) is 0 Å². The van der Waals surface area contributed by atoms with E-state index >= 15 is 0 Å². The van der Waals surface area contributed by atoms with Crippen molar-refractivity contribution in [3.05, 3.63) is 162 Å². The quantitative estimate of drug-likeness (QED) is 0.205. The lowest BCUT2D eigenvalue weighted by Gasteiger charge is -2.30. The Kier molecular flexibility index (Phi) is 4.80. The summed E-state index contributed by atoms with van der Waals surface area (Å²) in [5.74, 6) is 1.16. The minimum atomic E-state index is -0.0856. The van der Waals surface area contributed by atoms with Crippen molar-refractivity contribution in [1.29, 1.82) is 0 Å². The summed E-state index contributed by atoms with van der Waals surface area (Å²) in [6.45, 7) is 0. The molecule has 1 aliphatic heterocycles. The molecule has 0 saturated heterocycles. The molecule has 7 aromatic carbocycles. The van der Waals surface area contributed by atoms with Gasteiger partial charge in [0, 0.05) is 11.1 Å². The Hall–Kier alpha value is -5.14. The van der Waals surface area contributed by atoms with Crippen LogP contribution in [-0.2, 0) is 0 Å². The minimum Gasteiger partial charge on any atom is -0.484 e. The summed E-state index contributed by atoms with van der Waals surface area (Å²) >= 11 is 0. The Morgan fingerprint density at radius 1 is 0.439 bits per heavy atom. The molecule has 9 rings (SSSR count). The van der Waals surface area contributed by atoms with E-state index in [1.807, 2.05) is 0 Å². The van der Waals surface area contributed by atoms with Crippen molar-refractivity contribution in [1.82, 2.24) is 0 Å². The van der Waals surface area contributed by atoms with Crippen LogP contribution in [0.4, 0.5) is 0 Å². The lowest BCUT2D eigenvalue weighted by Crippen LogP contribution is -2.25. The largest absolute Gasteiger partial charge is 0.484 e. The number of benzene rings is 7. The van der Waals surface area contributed by atoms with Gasteiger partial charge in [-0.05, 0) is 72.3 Å². The van der Waals surface area contributed by atoms with Crippen LogP contribution in [0.5, 0.6) is 5.75 Å². The Labute approximate surface area is 239 Å². The first-order chi connectivity index (χ1) is 20.4. The molecule has 41 heavy (non-hydrogen) atoms. The fourth-order valence-corrected chi connectivity index (χ4v) is 7.35. The molecule has 0 radical (unpaired) electrons. The van der Waals surface area contributed by atoms with Gasteiger partial charge in [-0.15, -0.1) is 0 Å². The third kappa shape index (κ3) is 3.24. The maximum Gasteiger partial charge on any atom is 0.135 e. The number of hydrogen-bond donors (Lipinski definition) is 0. The second-order valence-electron chi connectivity index (χ2n) is 11.2. The molecule has 1 aliphatic carbocycles. The molecule has 1 heteroatoms. The molecule has 7 aromatic rings. The molecule has 0 N–H and O–H groups in total. The molecule has 1 heterocycles. The van der Waals surface area contributed by atoms with E-state index in [1.54, 1.807) is 0 Å². The molecule has 0 spiro atoms.